The van der Waals surface area contributed by atoms with Crippen LogP contribution in [0.5, 0.6) is 0 Å². The normalized spacial score (nSPS) is 20.1. The number of rotatable bonds is 3. The maximum absolute atomic E-state index is 10.1. The quantitative estimate of drug-likeness (QED) is 0.719. The molecule has 1 fully saturated rings. The first kappa shape index (κ1) is 9.61. The van der Waals surface area contributed by atoms with Gasteiger partial charge in [0, 0.05) is 0 Å². The predicted molar refractivity (Wildman–Crippen MR) is 49.4 cm³/mol. The Morgan fingerprint density at radius 2 is 2.14 bits per heavy atom. The van der Waals surface area contributed by atoms with Gasteiger partial charge in [0.05, 0.1) is 24.9 Å². The number of hydrogen-bond donors (Lipinski definition) is 2. The van der Waals surface area contributed by atoms with Crippen LogP contribution in [0.15, 0.2) is 6.20 Å². The molecule has 0 atom stereocenters. The van der Waals surface area contributed by atoms with Crippen molar-refractivity contribution in [2.45, 2.75) is 44.4 Å². The fourth-order valence-electron chi connectivity index (χ4n) is 1.98. The second kappa shape index (κ2) is 3.67. The average Bonchev–Trinajstić information content (AvgIpc) is 2.75. The lowest BCUT2D eigenvalue weighted by Gasteiger charge is -2.21. The molecule has 1 heterocycles. The SMILES string of the molecule is OCc1cn(CC2(O)CCCC2)nn1. The minimum absolute atomic E-state index is 0.0988. The van der Waals surface area contributed by atoms with Crippen molar-refractivity contribution in [3.8, 4) is 0 Å². The lowest BCUT2D eigenvalue weighted by molar-refractivity contribution is 0.0260. The molecular formula is C9H15N3O2. The monoisotopic (exact) mass is 197 g/mol. The molecule has 0 saturated heterocycles. The third kappa shape index (κ3) is 1.93. The zero-order valence-corrected chi connectivity index (χ0v) is 8.06. The van der Waals surface area contributed by atoms with Gasteiger partial charge in [-0.2, -0.15) is 0 Å². The van der Waals surface area contributed by atoms with Gasteiger partial charge in [-0.1, -0.05) is 18.1 Å². The maximum Gasteiger partial charge on any atom is 0.108 e. The zero-order chi connectivity index (χ0) is 10.0. The van der Waals surface area contributed by atoms with Crippen molar-refractivity contribution >= 4 is 0 Å². The summed E-state index contributed by atoms with van der Waals surface area (Å²) in [7, 11) is 0. The molecule has 1 aromatic rings. The van der Waals surface area contributed by atoms with Gasteiger partial charge in [-0.15, -0.1) is 5.10 Å². The molecule has 2 rings (SSSR count). The largest absolute Gasteiger partial charge is 0.390 e. The van der Waals surface area contributed by atoms with Crippen molar-refractivity contribution in [3.63, 3.8) is 0 Å². The molecule has 0 unspecified atom stereocenters. The van der Waals surface area contributed by atoms with E-state index in [1.807, 2.05) is 0 Å². The van der Waals surface area contributed by atoms with E-state index in [1.54, 1.807) is 10.9 Å². The van der Waals surface area contributed by atoms with Crippen LogP contribution in [0.4, 0.5) is 0 Å². The Hall–Kier alpha value is -0.940. The topological polar surface area (TPSA) is 71.2 Å². The molecule has 5 heteroatoms. The molecule has 0 amide bonds. The van der Waals surface area contributed by atoms with Gasteiger partial charge in [-0.25, -0.2) is 4.68 Å². The highest BCUT2D eigenvalue weighted by atomic mass is 16.3. The van der Waals surface area contributed by atoms with Crippen LogP contribution >= 0.6 is 0 Å². The summed E-state index contributed by atoms with van der Waals surface area (Å²) in [5.41, 5.74) is -0.0629. The molecule has 1 saturated carbocycles. The molecule has 0 radical (unpaired) electrons. The Balaban J connectivity index is 2.02. The summed E-state index contributed by atoms with van der Waals surface area (Å²) in [6.45, 7) is 0.387. The van der Waals surface area contributed by atoms with Gasteiger partial charge in [0.15, 0.2) is 0 Å². The fourth-order valence-corrected chi connectivity index (χ4v) is 1.98. The molecule has 1 aromatic heterocycles. The van der Waals surface area contributed by atoms with E-state index in [1.165, 1.54) is 0 Å². The Bertz CT molecular complexity index is 305. The molecular weight excluding hydrogens is 182 g/mol. The summed E-state index contributed by atoms with van der Waals surface area (Å²) < 4.78 is 1.61. The molecule has 14 heavy (non-hydrogen) atoms. The zero-order valence-electron chi connectivity index (χ0n) is 8.06. The number of aliphatic hydroxyl groups excluding tert-OH is 1. The Morgan fingerprint density at radius 3 is 2.71 bits per heavy atom. The van der Waals surface area contributed by atoms with Crippen molar-refractivity contribution in [1.82, 2.24) is 15.0 Å². The van der Waals surface area contributed by atoms with Gasteiger partial charge in [0.1, 0.15) is 5.69 Å². The lowest BCUT2D eigenvalue weighted by Crippen LogP contribution is -2.30. The second-order valence-corrected chi connectivity index (χ2v) is 4.00. The summed E-state index contributed by atoms with van der Waals surface area (Å²) in [4.78, 5) is 0. The lowest BCUT2D eigenvalue weighted by atomic mass is 10.0. The van der Waals surface area contributed by atoms with Gasteiger partial charge < -0.3 is 10.2 Å². The molecule has 1 aliphatic rings. The smallest absolute Gasteiger partial charge is 0.108 e. The van der Waals surface area contributed by atoms with Crippen LogP contribution in [0, 0.1) is 0 Å². The molecule has 5 nitrogen and oxygen atoms in total. The standard InChI is InChI=1S/C9H15N3O2/c13-6-8-5-12(11-10-8)7-9(14)3-1-2-4-9/h5,13-14H,1-4,6-7H2. The summed E-state index contributed by atoms with van der Waals surface area (Å²) in [5, 5.41) is 26.5. The van der Waals surface area contributed by atoms with Crippen molar-refractivity contribution in [1.29, 1.82) is 0 Å². The first-order valence-corrected chi connectivity index (χ1v) is 4.94. The minimum atomic E-state index is -0.611. The summed E-state index contributed by atoms with van der Waals surface area (Å²) >= 11 is 0. The van der Waals surface area contributed by atoms with Crippen molar-refractivity contribution < 1.29 is 10.2 Å². The van der Waals surface area contributed by atoms with E-state index < -0.39 is 5.60 Å². The Labute approximate surface area is 82.4 Å². The van der Waals surface area contributed by atoms with E-state index in [-0.39, 0.29) is 6.61 Å². The van der Waals surface area contributed by atoms with Crippen LogP contribution in [0.3, 0.4) is 0 Å². The van der Waals surface area contributed by atoms with Crippen LogP contribution in [0.1, 0.15) is 31.4 Å². The van der Waals surface area contributed by atoms with Crippen LogP contribution in [0.2, 0.25) is 0 Å². The third-order valence-corrected chi connectivity index (χ3v) is 2.74. The molecule has 1 aliphatic carbocycles. The predicted octanol–water partition coefficient (Wildman–Crippen LogP) is 0.0755. The van der Waals surface area contributed by atoms with E-state index in [4.69, 9.17) is 5.11 Å². The highest BCUT2D eigenvalue weighted by molar-refractivity contribution is 4.91. The summed E-state index contributed by atoms with van der Waals surface area (Å²) in [5.74, 6) is 0. The maximum atomic E-state index is 10.1. The molecule has 0 aliphatic heterocycles. The number of hydrogen-bond acceptors (Lipinski definition) is 4. The molecule has 0 spiro atoms. The van der Waals surface area contributed by atoms with E-state index in [0.717, 1.165) is 25.7 Å². The Kier molecular flexibility index (Phi) is 2.52. The van der Waals surface area contributed by atoms with Crippen molar-refractivity contribution in [2.75, 3.05) is 0 Å². The molecule has 2 N–H and O–H groups in total. The first-order chi connectivity index (χ1) is 6.72. The summed E-state index contributed by atoms with van der Waals surface area (Å²) in [6, 6.07) is 0. The first-order valence-electron chi connectivity index (χ1n) is 4.94. The van der Waals surface area contributed by atoms with Gasteiger partial charge in [-0.3, -0.25) is 0 Å². The van der Waals surface area contributed by atoms with E-state index in [9.17, 15) is 5.11 Å². The molecule has 78 valence electrons. The van der Waals surface area contributed by atoms with Crippen LogP contribution < -0.4 is 0 Å². The number of aliphatic hydroxyl groups is 2. The van der Waals surface area contributed by atoms with Gasteiger partial charge in [0.2, 0.25) is 0 Å². The van der Waals surface area contributed by atoms with E-state index in [2.05, 4.69) is 10.3 Å². The number of nitrogens with zero attached hydrogens (tertiary/aromatic N) is 3. The van der Waals surface area contributed by atoms with Crippen LogP contribution in [-0.4, -0.2) is 30.8 Å². The highest BCUT2D eigenvalue weighted by Crippen LogP contribution is 2.30. The fraction of sp³-hybridized carbons (Fsp3) is 0.778. The van der Waals surface area contributed by atoms with E-state index >= 15 is 0 Å². The van der Waals surface area contributed by atoms with Crippen LogP contribution in [-0.2, 0) is 13.2 Å². The van der Waals surface area contributed by atoms with Crippen molar-refractivity contribution in [2.24, 2.45) is 0 Å². The highest BCUT2D eigenvalue weighted by Gasteiger charge is 2.31. The van der Waals surface area contributed by atoms with Gasteiger partial charge in [-0.05, 0) is 12.8 Å². The average molecular weight is 197 g/mol. The number of aromatic nitrogens is 3. The minimum Gasteiger partial charge on any atom is -0.390 e. The second-order valence-electron chi connectivity index (χ2n) is 4.00. The third-order valence-electron chi connectivity index (χ3n) is 2.74. The summed E-state index contributed by atoms with van der Waals surface area (Å²) in [6.07, 6.45) is 5.51. The molecule has 0 bridgehead atoms. The Morgan fingerprint density at radius 1 is 1.43 bits per heavy atom. The van der Waals surface area contributed by atoms with Crippen molar-refractivity contribution in [3.05, 3.63) is 11.9 Å². The van der Waals surface area contributed by atoms with Crippen LogP contribution in [0.25, 0.3) is 0 Å². The van der Waals surface area contributed by atoms with Gasteiger partial charge in [0.25, 0.3) is 0 Å². The van der Waals surface area contributed by atoms with Gasteiger partial charge >= 0.3 is 0 Å². The van der Waals surface area contributed by atoms with E-state index in [0.29, 0.717) is 12.2 Å². The molecule has 0 aromatic carbocycles.